The first-order chi connectivity index (χ1) is 9.04. The van der Waals surface area contributed by atoms with Gasteiger partial charge in [-0.05, 0) is 18.1 Å². The molecule has 0 radical (unpaired) electrons. The molecule has 0 aliphatic rings. The van der Waals surface area contributed by atoms with Crippen LogP contribution in [0, 0.1) is 0 Å². The molecule has 19 heavy (non-hydrogen) atoms. The molecule has 0 unspecified atom stereocenters. The third kappa shape index (κ3) is 5.39. The van der Waals surface area contributed by atoms with Crippen LogP contribution < -0.4 is 5.73 Å². The molecule has 0 saturated heterocycles. The van der Waals surface area contributed by atoms with Gasteiger partial charge in [-0.25, -0.2) is 0 Å². The van der Waals surface area contributed by atoms with Crippen molar-refractivity contribution in [3.63, 3.8) is 0 Å². The number of carbonyl (C=O) groups excluding carboxylic acids is 1. The lowest BCUT2D eigenvalue weighted by atomic mass is 10.1. The Hall–Kier alpha value is -1.42. The lowest BCUT2D eigenvalue weighted by Crippen LogP contribution is -2.26. The van der Waals surface area contributed by atoms with Gasteiger partial charge in [-0.3, -0.25) is 4.79 Å². The third-order valence-electron chi connectivity index (χ3n) is 3.05. The van der Waals surface area contributed by atoms with E-state index in [0.717, 1.165) is 30.4 Å². The molecule has 0 aliphatic heterocycles. The number of nitrogens with two attached hydrogens (primary N) is 1. The van der Waals surface area contributed by atoms with Crippen molar-refractivity contribution >= 4 is 23.1 Å². The van der Waals surface area contributed by atoms with Crippen LogP contribution in [0.4, 0.5) is 0 Å². The number of rotatable bonds is 7. The van der Waals surface area contributed by atoms with Crippen molar-refractivity contribution in [3.8, 4) is 0 Å². The molecule has 1 aromatic carbocycles. The molecule has 1 amide bonds. The maximum atomic E-state index is 11.9. The fraction of sp³-hybridized carbons (Fsp3) is 0.467. The molecule has 1 rings (SSSR count). The lowest BCUT2D eigenvalue weighted by Gasteiger charge is -2.17. The van der Waals surface area contributed by atoms with Crippen LogP contribution in [-0.4, -0.2) is 22.8 Å². The molecule has 0 fully saturated rings. The van der Waals surface area contributed by atoms with E-state index >= 15 is 0 Å². The Morgan fingerprint density at radius 2 is 2.11 bits per heavy atom. The molecule has 0 heterocycles. The Morgan fingerprint density at radius 1 is 1.37 bits per heavy atom. The molecule has 0 aromatic heterocycles. The van der Waals surface area contributed by atoms with E-state index in [-0.39, 0.29) is 5.91 Å². The van der Waals surface area contributed by atoms with Gasteiger partial charge in [0, 0.05) is 25.6 Å². The molecular formula is C15H22N2OS. The quantitative estimate of drug-likeness (QED) is 0.616. The van der Waals surface area contributed by atoms with Crippen molar-refractivity contribution in [3.05, 3.63) is 35.4 Å². The van der Waals surface area contributed by atoms with Crippen molar-refractivity contribution in [1.82, 2.24) is 4.90 Å². The van der Waals surface area contributed by atoms with Crippen LogP contribution in [0.5, 0.6) is 0 Å². The van der Waals surface area contributed by atoms with Crippen LogP contribution in [0.15, 0.2) is 24.3 Å². The molecule has 104 valence electrons. The minimum absolute atomic E-state index is 0.189. The Bertz CT molecular complexity index is 446. The van der Waals surface area contributed by atoms with Crippen LogP contribution in [0.2, 0.25) is 0 Å². The summed E-state index contributed by atoms with van der Waals surface area (Å²) in [6.45, 7) is 2.73. The average Bonchev–Trinajstić information content (AvgIpc) is 2.39. The summed E-state index contributed by atoms with van der Waals surface area (Å²) < 4.78 is 0. The van der Waals surface area contributed by atoms with E-state index < -0.39 is 0 Å². The number of hydrogen-bond donors (Lipinski definition) is 1. The van der Waals surface area contributed by atoms with Gasteiger partial charge in [0.25, 0.3) is 0 Å². The molecule has 3 nitrogen and oxygen atoms in total. The van der Waals surface area contributed by atoms with Gasteiger partial charge in [0.05, 0.1) is 0 Å². The predicted octanol–water partition coefficient (Wildman–Crippen LogP) is 2.86. The second kappa shape index (κ2) is 7.89. The van der Waals surface area contributed by atoms with Gasteiger partial charge in [0.2, 0.25) is 5.91 Å². The summed E-state index contributed by atoms with van der Waals surface area (Å²) in [6.07, 6.45) is 3.83. The van der Waals surface area contributed by atoms with E-state index in [1.165, 1.54) is 0 Å². The zero-order chi connectivity index (χ0) is 14.3. The van der Waals surface area contributed by atoms with Gasteiger partial charge in [-0.1, -0.05) is 50.2 Å². The normalized spacial score (nSPS) is 10.2. The van der Waals surface area contributed by atoms with Crippen LogP contribution in [0.1, 0.15) is 43.7 Å². The van der Waals surface area contributed by atoms with Crippen LogP contribution in [-0.2, 0) is 11.3 Å². The summed E-state index contributed by atoms with van der Waals surface area (Å²) in [6, 6.07) is 7.73. The maximum Gasteiger partial charge on any atom is 0.222 e. The Kier molecular flexibility index (Phi) is 6.50. The number of benzene rings is 1. The second-order valence-electron chi connectivity index (χ2n) is 4.77. The zero-order valence-corrected chi connectivity index (χ0v) is 12.5. The molecule has 0 aliphatic carbocycles. The molecule has 2 N–H and O–H groups in total. The summed E-state index contributed by atoms with van der Waals surface area (Å²) in [5, 5.41) is 0. The van der Waals surface area contributed by atoms with Crippen molar-refractivity contribution < 1.29 is 4.79 Å². The van der Waals surface area contributed by atoms with Crippen molar-refractivity contribution in [2.75, 3.05) is 7.05 Å². The molecule has 0 bridgehead atoms. The number of nitrogens with zero attached hydrogens (tertiary/aromatic N) is 1. The van der Waals surface area contributed by atoms with Crippen LogP contribution >= 0.6 is 12.2 Å². The molecule has 1 aromatic rings. The molecule has 0 spiro atoms. The monoisotopic (exact) mass is 278 g/mol. The highest BCUT2D eigenvalue weighted by Gasteiger charge is 2.09. The van der Waals surface area contributed by atoms with Crippen molar-refractivity contribution in [1.29, 1.82) is 0 Å². The minimum atomic E-state index is 0.189. The zero-order valence-electron chi connectivity index (χ0n) is 11.7. The van der Waals surface area contributed by atoms with Crippen LogP contribution in [0.25, 0.3) is 0 Å². The molecule has 0 atom stereocenters. The van der Waals surface area contributed by atoms with Gasteiger partial charge in [0.1, 0.15) is 4.99 Å². The summed E-state index contributed by atoms with van der Waals surface area (Å²) in [4.78, 5) is 14.1. The summed E-state index contributed by atoms with van der Waals surface area (Å²) in [7, 11) is 1.84. The van der Waals surface area contributed by atoms with Gasteiger partial charge in [0.15, 0.2) is 0 Å². The number of thiocarbonyl (C=S) groups is 1. The number of carbonyl (C=O) groups is 1. The van der Waals surface area contributed by atoms with E-state index in [4.69, 9.17) is 18.0 Å². The first-order valence-electron chi connectivity index (χ1n) is 6.67. The minimum Gasteiger partial charge on any atom is -0.389 e. The molecule has 0 saturated carbocycles. The smallest absolute Gasteiger partial charge is 0.222 e. The topological polar surface area (TPSA) is 46.3 Å². The summed E-state index contributed by atoms with van der Waals surface area (Å²) in [5.41, 5.74) is 7.50. The van der Waals surface area contributed by atoms with Gasteiger partial charge >= 0.3 is 0 Å². The number of unbranched alkanes of at least 4 members (excludes halogenated alkanes) is 2. The van der Waals surface area contributed by atoms with Gasteiger partial charge < -0.3 is 10.6 Å². The molecule has 4 heteroatoms. The SMILES string of the molecule is CCCCCC(=O)N(C)Cc1cccc(C(N)=S)c1. The van der Waals surface area contributed by atoms with Gasteiger partial charge in [-0.15, -0.1) is 0 Å². The third-order valence-corrected chi connectivity index (χ3v) is 3.29. The first kappa shape index (κ1) is 15.6. The van der Waals surface area contributed by atoms with E-state index in [2.05, 4.69) is 6.92 Å². The highest BCUT2D eigenvalue weighted by atomic mass is 32.1. The van der Waals surface area contributed by atoms with Crippen LogP contribution in [0.3, 0.4) is 0 Å². The average molecular weight is 278 g/mol. The standard InChI is InChI=1S/C15H22N2OS/c1-3-4-5-9-14(18)17(2)11-12-7-6-8-13(10-12)15(16)19/h6-8,10H,3-5,9,11H2,1-2H3,(H2,16,19). The Morgan fingerprint density at radius 3 is 2.74 bits per heavy atom. The Labute approximate surface area is 120 Å². The predicted molar refractivity (Wildman–Crippen MR) is 82.9 cm³/mol. The summed E-state index contributed by atoms with van der Waals surface area (Å²) >= 11 is 4.95. The van der Waals surface area contributed by atoms with Crippen molar-refractivity contribution in [2.24, 2.45) is 5.73 Å². The highest BCUT2D eigenvalue weighted by Crippen LogP contribution is 2.09. The fourth-order valence-electron chi connectivity index (χ4n) is 1.90. The largest absolute Gasteiger partial charge is 0.389 e. The maximum absolute atomic E-state index is 11.9. The van der Waals surface area contributed by atoms with E-state index in [1.807, 2.05) is 31.3 Å². The molecular weight excluding hydrogens is 256 g/mol. The fourth-order valence-corrected chi connectivity index (χ4v) is 2.03. The second-order valence-corrected chi connectivity index (χ2v) is 5.21. The number of amides is 1. The van der Waals surface area contributed by atoms with Gasteiger partial charge in [-0.2, -0.15) is 0 Å². The van der Waals surface area contributed by atoms with E-state index in [0.29, 0.717) is 18.0 Å². The van der Waals surface area contributed by atoms with E-state index in [1.54, 1.807) is 4.90 Å². The van der Waals surface area contributed by atoms with Crippen molar-refractivity contribution in [2.45, 2.75) is 39.2 Å². The van der Waals surface area contributed by atoms with E-state index in [9.17, 15) is 4.79 Å². The summed E-state index contributed by atoms with van der Waals surface area (Å²) in [5.74, 6) is 0.189. The Balaban J connectivity index is 2.56. The highest BCUT2D eigenvalue weighted by molar-refractivity contribution is 7.80. The number of hydrogen-bond acceptors (Lipinski definition) is 2. The lowest BCUT2D eigenvalue weighted by molar-refractivity contribution is -0.130. The first-order valence-corrected chi connectivity index (χ1v) is 7.08.